The fourth-order valence-corrected chi connectivity index (χ4v) is 16.7. The Bertz CT molecular complexity index is 5280. The molecule has 98 heavy (non-hydrogen) atoms. The highest BCUT2D eigenvalue weighted by atomic mass is 15.1. The van der Waals surface area contributed by atoms with Crippen LogP contribution in [0.4, 0.5) is 34.1 Å². The summed E-state index contributed by atoms with van der Waals surface area (Å²) in [6.45, 7) is 17.2. The molecule has 0 aliphatic heterocycles. The van der Waals surface area contributed by atoms with Gasteiger partial charge in [0.05, 0.1) is 22.2 Å². The van der Waals surface area contributed by atoms with Crippen molar-refractivity contribution >= 4 is 67.8 Å². The zero-order valence-corrected chi connectivity index (χ0v) is 55.6. The summed E-state index contributed by atoms with van der Waals surface area (Å²) in [4.78, 5) is 4.92. The first kappa shape index (κ1) is 59.6. The summed E-state index contributed by atoms with van der Waals surface area (Å²) in [5, 5.41) is 4.75. The topological polar surface area (TPSA) is 6.48 Å². The predicted molar refractivity (Wildman–Crippen MR) is 415 cm³/mol. The largest absolute Gasteiger partial charge is 0.310 e. The van der Waals surface area contributed by atoms with Crippen molar-refractivity contribution in [2.75, 3.05) is 9.80 Å². The molecule has 0 fully saturated rings. The van der Waals surface area contributed by atoms with Gasteiger partial charge in [0.15, 0.2) is 0 Å². The van der Waals surface area contributed by atoms with Gasteiger partial charge in [0.1, 0.15) is 0 Å². The maximum Gasteiger partial charge on any atom is 0.0716 e. The van der Waals surface area contributed by atoms with Crippen molar-refractivity contribution in [3.05, 3.63) is 419 Å². The number of hydrogen-bond acceptors (Lipinski definition) is 2. The summed E-state index contributed by atoms with van der Waals surface area (Å²) in [5.41, 5.74) is 32.4. The van der Waals surface area contributed by atoms with E-state index in [0.29, 0.717) is 0 Å². The Morgan fingerprint density at radius 1 is 0.265 bits per heavy atom. The molecule has 17 rings (SSSR count). The average molecular weight is 1250 g/mol. The Kier molecular flexibility index (Phi) is 14.6. The molecule has 2 unspecified atom stereocenters. The minimum absolute atomic E-state index is 0.590. The van der Waals surface area contributed by atoms with E-state index in [1.165, 1.54) is 111 Å². The molecule has 0 aromatic heterocycles. The highest BCUT2D eigenvalue weighted by molar-refractivity contribution is 6.02. The first-order valence-electron chi connectivity index (χ1n) is 34.1. The lowest BCUT2D eigenvalue weighted by Gasteiger charge is -2.36. The van der Waals surface area contributed by atoms with E-state index in [9.17, 15) is 0 Å². The van der Waals surface area contributed by atoms with E-state index in [1.54, 1.807) is 0 Å². The van der Waals surface area contributed by atoms with E-state index in [-0.39, 0.29) is 0 Å². The van der Waals surface area contributed by atoms with Crippen molar-refractivity contribution in [1.29, 1.82) is 0 Å². The Morgan fingerprint density at radius 2 is 0.602 bits per heavy atom. The minimum atomic E-state index is -0.590. The normalized spacial score (nSPS) is 14.9. The van der Waals surface area contributed by atoms with Crippen molar-refractivity contribution in [1.82, 2.24) is 0 Å². The monoisotopic (exact) mass is 1250 g/mol. The molecule has 0 N–H and O–H groups in total. The summed E-state index contributed by atoms with van der Waals surface area (Å²) in [6, 6.07) is 123. The maximum atomic E-state index is 4.13. The van der Waals surface area contributed by atoms with Gasteiger partial charge in [-0.2, -0.15) is 0 Å². The molecule has 2 heteroatoms. The van der Waals surface area contributed by atoms with Gasteiger partial charge in [0.25, 0.3) is 0 Å². The molecule has 0 saturated carbocycles. The van der Waals surface area contributed by atoms with Crippen LogP contribution in [0.1, 0.15) is 77.9 Å². The summed E-state index contributed by atoms with van der Waals surface area (Å²) in [7, 11) is 0. The standard InChI is InChI=1S/C96H72N2/c1-7-67-33-45-75(46-34-67)95(87-57-31-63(3)59-65(87)5)89-27-15-13-25-83(89)85-55-53-79(61-91(85)95)97(93-29-17-21-73-19-9-11-23-81(73)93)77-49-41-71(42-50-77)69-37-39-70(40-38-69)72-43-51-78(52-44-72)98(94-30-18-22-74-20-10-12-24-82(74)94)80-54-56-86-84-26-14-16-28-90(84)96(92(86)62-80,76-47-35-68(8-2)36-48-76)88-58-32-64(4)60-66(88)6/h7-62H,1-2H2,3-6H3. The molecule has 15 aromatic rings. The molecule has 2 nitrogen and oxygen atoms in total. The summed E-state index contributed by atoms with van der Waals surface area (Å²) < 4.78 is 0. The smallest absolute Gasteiger partial charge is 0.0716 e. The molecule has 2 aliphatic rings. The van der Waals surface area contributed by atoms with Gasteiger partial charge in [-0.05, 0) is 210 Å². The third kappa shape index (κ3) is 9.54. The van der Waals surface area contributed by atoms with Gasteiger partial charge in [-0.15, -0.1) is 0 Å². The molecule has 0 heterocycles. The van der Waals surface area contributed by atoms with Crippen LogP contribution >= 0.6 is 0 Å². The molecular weight excluding hydrogens is 1180 g/mol. The van der Waals surface area contributed by atoms with Crippen molar-refractivity contribution in [3.8, 4) is 44.5 Å². The van der Waals surface area contributed by atoms with Gasteiger partial charge in [-0.25, -0.2) is 0 Å². The van der Waals surface area contributed by atoms with E-state index in [0.717, 1.165) is 67.5 Å². The molecule has 0 spiro atoms. The zero-order chi connectivity index (χ0) is 66.2. The lowest BCUT2D eigenvalue weighted by Crippen LogP contribution is -2.30. The Hall–Kier alpha value is -12.1. The fraction of sp³-hybridized carbons (Fsp3) is 0.0625. The van der Waals surface area contributed by atoms with Crippen LogP contribution in [-0.2, 0) is 10.8 Å². The summed E-state index contributed by atoms with van der Waals surface area (Å²) >= 11 is 0. The molecule has 2 aliphatic carbocycles. The van der Waals surface area contributed by atoms with Gasteiger partial charge < -0.3 is 9.80 Å². The second-order valence-corrected chi connectivity index (χ2v) is 26.7. The number of aryl methyl sites for hydroxylation is 4. The highest BCUT2D eigenvalue weighted by Crippen LogP contribution is 2.60. The van der Waals surface area contributed by atoms with Gasteiger partial charge in [-0.3, -0.25) is 0 Å². The van der Waals surface area contributed by atoms with E-state index in [1.807, 2.05) is 12.2 Å². The lowest BCUT2D eigenvalue weighted by atomic mass is 9.66. The quantitative estimate of drug-likeness (QED) is 0.107. The van der Waals surface area contributed by atoms with Crippen LogP contribution in [0.15, 0.2) is 341 Å². The Balaban J connectivity index is 0.738. The SMILES string of the molecule is C=Cc1ccc(C2(c3ccc(C)cc3C)c3ccccc3-c3ccc(N(c4ccc(-c5ccc(-c6ccc(N(c7ccc8c(c7)C(c7ccc(C=C)cc7)(c7ccc(C)cc7C)c7ccccc7-8)c7cccc8ccccc78)cc6)cc5)cc4)c4cccc5ccccc45)cc32)cc1. The zero-order valence-electron chi connectivity index (χ0n) is 55.6. The van der Waals surface area contributed by atoms with Gasteiger partial charge >= 0.3 is 0 Å². The van der Waals surface area contributed by atoms with Crippen LogP contribution in [0.3, 0.4) is 0 Å². The number of benzene rings is 15. The Morgan fingerprint density at radius 3 is 0.990 bits per heavy atom. The fourth-order valence-electron chi connectivity index (χ4n) is 16.7. The third-order valence-electron chi connectivity index (χ3n) is 21.1. The summed E-state index contributed by atoms with van der Waals surface area (Å²) in [6.07, 6.45) is 3.87. The second kappa shape index (κ2) is 24.0. The number of hydrogen-bond donors (Lipinski definition) is 0. The van der Waals surface area contributed by atoms with E-state index in [4.69, 9.17) is 0 Å². The first-order chi connectivity index (χ1) is 48.1. The minimum Gasteiger partial charge on any atom is -0.310 e. The molecular formula is C96H72N2. The number of rotatable bonds is 14. The maximum absolute atomic E-state index is 4.13. The van der Waals surface area contributed by atoms with Crippen LogP contribution in [0.25, 0.3) is 78.2 Å². The summed E-state index contributed by atoms with van der Waals surface area (Å²) in [5.74, 6) is 0. The predicted octanol–water partition coefficient (Wildman–Crippen LogP) is 25.5. The molecule has 466 valence electrons. The molecule has 0 saturated heterocycles. The van der Waals surface area contributed by atoms with E-state index < -0.39 is 10.8 Å². The van der Waals surface area contributed by atoms with Crippen molar-refractivity contribution < 1.29 is 0 Å². The number of fused-ring (bicyclic) bond motifs is 8. The number of nitrogens with zero attached hydrogens (tertiary/aromatic N) is 2. The molecule has 0 radical (unpaired) electrons. The van der Waals surface area contributed by atoms with Crippen LogP contribution < -0.4 is 9.80 Å². The lowest BCUT2D eigenvalue weighted by molar-refractivity contribution is 0.760. The molecule has 2 atom stereocenters. The van der Waals surface area contributed by atoms with Crippen LogP contribution in [0, 0.1) is 27.7 Å². The van der Waals surface area contributed by atoms with Crippen molar-refractivity contribution in [2.45, 2.75) is 38.5 Å². The molecule has 0 bridgehead atoms. The second-order valence-electron chi connectivity index (χ2n) is 26.7. The van der Waals surface area contributed by atoms with Gasteiger partial charge in [0.2, 0.25) is 0 Å². The van der Waals surface area contributed by atoms with Crippen LogP contribution in [0.2, 0.25) is 0 Å². The van der Waals surface area contributed by atoms with Crippen LogP contribution in [-0.4, -0.2) is 0 Å². The van der Waals surface area contributed by atoms with Gasteiger partial charge in [-0.1, -0.05) is 303 Å². The van der Waals surface area contributed by atoms with E-state index in [2.05, 4.69) is 378 Å². The third-order valence-corrected chi connectivity index (χ3v) is 21.1. The van der Waals surface area contributed by atoms with Gasteiger partial charge in [0, 0.05) is 33.5 Å². The molecule has 15 aromatic carbocycles. The average Bonchev–Trinajstić information content (AvgIpc) is 1.52. The van der Waals surface area contributed by atoms with E-state index >= 15 is 0 Å². The van der Waals surface area contributed by atoms with Crippen molar-refractivity contribution in [3.63, 3.8) is 0 Å². The molecule has 0 amide bonds. The van der Waals surface area contributed by atoms with Crippen molar-refractivity contribution in [2.24, 2.45) is 0 Å². The Labute approximate surface area is 575 Å². The number of anilines is 6. The van der Waals surface area contributed by atoms with Crippen LogP contribution in [0.5, 0.6) is 0 Å². The first-order valence-corrected chi connectivity index (χ1v) is 34.1. The highest BCUT2D eigenvalue weighted by Gasteiger charge is 2.49.